The first kappa shape index (κ1) is 21.3. The van der Waals surface area contributed by atoms with E-state index in [9.17, 15) is 9.59 Å². The summed E-state index contributed by atoms with van der Waals surface area (Å²) in [4.78, 5) is 28.4. The number of urea groups is 1. The molecule has 0 unspecified atom stereocenters. The van der Waals surface area contributed by atoms with Gasteiger partial charge in [-0.2, -0.15) is 0 Å². The fourth-order valence-electron chi connectivity index (χ4n) is 2.66. The van der Waals surface area contributed by atoms with Gasteiger partial charge in [-0.3, -0.25) is 4.79 Å². The number of rotatable bonds is 9. The molecule has 7 nitrogen and oxygen atoms in total. The molecule has 1 aromatic heterocycles. The maximum absolute atomic E-state index is 12.5. The quantitative estimate of drug-likeness (QED) is 0.474. The molecule has 8 heteroatoms. The Kier molecular flexibility index (Phi) is 7.79. The molecule has 3 amide bonds. The maximum atomic E-state index is 12.5. The fraction of sp³-hybridized carbons (Fsp3) is 0.227. The minimum Gasteiger partial charge on any atom is -0.485 e. The van der Waals surface area contributed by atoms with Gasteiger partial charge in [0.25, 0.3) is 0 Å². The zero-order valence-electron chi connectivity index (χ0n) is 16.7. The van der Waals surface area contributed by atoms with Crippen molar-refractivity contribution in [2.45, 2.75) is 26.4 Å². The average Bonchev–Trinajstić information content (AvgIpc) is 3.27. The molecule has 3 aromatic rings. The Morgan fingerprint density at radius 1 is 1.07 bits per heavy atom. The van der Waals surface area contributed by atoms with Crippen molar-refractivity contribution >= 4 is 34.6 Å². The first-order chi connectivity index (χ1) is 14.6. The maximum Gasteiger partial charge on any atom is 0.319 e. The van der Waals surface area contributed by atoms with Crippen molar-refractivity contribution < 1.29 is 14.3 Å². The van der Waals surface area contributed by atoms with Crippen molar-refractivity contribution in [2.75, 3.05) is 17.2 Å². The topological polar surface area (TPSA) is 92.4 Å². The van der Waals surface area contributed by atoms with Crippen LogP contribution < -0.4 is 20.7 Å². The average molecular weight is 425 g/mol. The Balaban J connectivity index is 1.53. The number of carbonyl (C=O) groups is 2. The summed E-state index contributed by atoms with van der Waals surface area (Å²) in [5, 5.41) is 10.3. The van der Waals surface area contributed by atoms with Gasteiger partial charge in [-0.25, -0.2) is 9.78 Å². The molecule has 30 heavy (non-hydrogen) atoms. The summed E-state index contributed by atoms with van der Waals surface area (Å²) in [6.45, 7) is 2.96. The number of amides is 3. The van der Waals surface area contributed by atoms with Crippen LogP contribution in [0.15, 0.2) is 59.4 Å². The molecule has 3 rings (SSSR count). The van der Waals surface area contributed by atoms with E-state index in [-0.39, 0.29) is 18.4 Å². The number of carbonyl (C=O) groups excluding carboxylic acids is 2. The lowest BCUT2D eigenvalue weighted by Crippen LogP contribution is -2.29. The Morgan fingerprint density at radius 2 is 1.87 bits per heavy atom. The van der Waals surface area contributed by atoms with Gasteiger partial charge in [-0.15, -0.1) is 11.3 Å². The zero-order chi connectivity index (χ0) is 21.2. The third-order valence-corrected chi connectivity index (χ3v) is 4.77. The highest BCUT2D eigenvalue weighted by Crippen LogP contribution is 2.25. The third-order valence-electron chi connectivity index (χ3n) is 4.13. The molecule has 0 saturated heterocycles. The Labute approximate surface area is 179 Å². The predicted molar refractivity (Wildman–Crippen MR) is 119 cm³/mol. The van der Waals surface area contributed by atoms with Gasteiger partial charge in [0.05, 0.1) is 23.3 Å². The SMILES string of the molecule is CCCNC(=O)Nc1ccc(CC(=O)Nc2ccccc2OCc2cscn2)cc1. The van der Waals surface area contributed by atoms with Crippen LogP contribution in [0.25, 0.3) is 0 Å². The van der Waals surface area contributed by atoms with Crippen LogP contribution in [0.4, 0.5) is 16.2 Å². The highest BCUT2D eigenvalue weighted by molar-refractivity contribution is 7.07. The van der Waals surface area contributed by atoms with Gasteiger partial charge in [0, 0.05) is 17.6 Å². The van der Waals surface area contributed by atoms with Gasteiger partial charge in [-0.05, 0) is 36.2 Å². The highest BCUT2D eigenvalue weighted by Gasteiger charge is 2.10. The van der Waals surface area contributed by atoms with Crippen LogP contribution in [0, 0.1) is 0 Å². The summed E-state index contributed by atoms with van der Waals surface area (Å²) in [7, 11) is 0. The standard InChI is InChI=1S/C22H24N4O3S/c1-2-11-23-22(28)25-17-9-7-16(8-10-17)12-21(27)26-19-5-3-4-6-20(19)29-13-18-14-30-15-24-18/h3-10,14-15H,2,11-13H2,1H3,(H,26,27)(H2,23,25,28). The molecule has 0 saturated carbocycles. The lowest BCUT2D eigenvalue weighted by atomic mass is 10.1. The van der Waals surface area contributed by atoms with Crippen molar-refractivity contribution in [3.8, 4) is 5.75 Å². The number of para-hydroxylation sites is 2. The zero-order valence-corrected chi connectivity index (χ0v) is 17.5. The van der Waals surface area contributed by atoms with Gasteiger partial charge >= 0.3 is 6.03 Å². The monoisotopic (exact) mass is 424 g/mol. The molecule has 0 aliphatic rings. The minimum atomic E-state index is -0.239. The van der Waals surface area contributed by atoms with E-state index in [1.54, 1.807) is 23.7 Å². The molecule has 3 N–H and O–H groups in total. The molecule has 0 aliphatic carbocycles. The molecule has 0 radical (unpaired) electrons. The highest BCUT2D eigenvalue weighted by atomic mass is 32.1. The Morgan fingerprint density at radius 3 is 2.60 bits per heavy atom. The molecule has 0 fully saturated rings. The molecular weight excluding hydrogens is 400 g/mol. The number of ether oxygens (including phenoxy) is 1. The number of hydrogen-bond donors (Lipinski definition) is 3. The number of nitrogens with zero attached hydrogens (tertiary/aromatic N) is 1. The molecule has 0 aliphatic heterocycles. The van der Waals surface area contributed by atoms with E-state index in [1.807, 2.05) is 42.6 Å². The lowest BCUT2D eigenvalue weighted by molar-refractivity contribution is -0.115. The van der Waals surface area contributed by atoms with Gasteiger partial charge < -0.3 is 20.7 Å². The number of thiazole rings is 1. The number of benzene rings is 2. The third kappa shape index (κ3) is 6.59. The van der Waals surface area contributed by atoms with Gasteiger partial charge in [0.2, 0.25) is 5.91 Å². The summed E-state index contributed by atoms with van der Waals surface area (Å²) < 4.78 is 5.80. The second-order valence-corrected chi connectivity index (χ2v) is 7.29. The van der Waals surface area contributed by atoms with Crippen molar-refractivity contribution in [1.29, 1.82) is 0 Å². The number of nitrogens with one attached hydrogen (secondary N) is 3. The van der Waals surface area contributed by atoms with Gasteiger partial charge in [-0.1, -0.05) is 31.2 Å². The van der Waals surface area contributed by atoms with Crippen LogP contribution in [0.3, 0.4) is 0 Å². The molecule has 1 heterocycles. The molecule has 0 atom stereocenters. The van der Waals surface area contributed by atoms with Crippen LogP contribution >= 0.6 is 11.3 Å². The lowest BCUT2D eigenvalue weighted by Gasteiger charge is -2.12. The molecule has 0 bridgehead atoms. The summed E-state index contributed by atoms with van der Waals surface area (Å²) in [5.74, 6) is 0.442. The van der Waals surface area contributed by atoms with E-state index >= 15 is 0 Å². The Bertz CT molecular complexity index is 959. The summed E-state index contributed by atoms with van der Waals surface area (Å²) >= 11 is 1.51. The Hall–Kier alpha value is -3.39. The van der Waals surface area contributed by atoms with Gasteiger partial charge in [0.1, 0.15) is 12.4 Å². The minimum absolute atomic E-state index is 0.152. The summed E-state index contributed by atoms with van der Waals surface area (Å²) in [5.41, 5.74) is 4.73. The van der Waals surface area contributed by atoms with Crippen LogP contribution in [0.2, 0.25) is 0 Å². The molecule has 2 aromatic carbocycles. The molecule has 156 valence electrons. The smallest absolute Gasteiger partial charge is 0.319 e. The van der Waals surface area contributed by atoms with E-state index in [2.05, 4.69) is 20.9 Å². The van der Waals surface area contributed by atoms with Crippen molar-refractivity contribution in [1.82, 2.24) is 10.3 Å². The molecule has 0 spiro atoms. The van der Waals surface area contributed by atoms with E-state index < -0.39 is 0 Å². The first-order valence-corrected chi connectivity index (χ1v) is 10.6. The van der Waals surface area contributed by atoms with E-state index in [1.165, 1.54) is 11.3 Å². The molecular formula is C22H24N4O3S. The predicted octanol–water partition coefficient (Wildman–Crippen LogP) is 4.43. The van der Waals surface area contributed by atoms with E-state index in [4.69, 9.17) is 4.74 Å². The van der Waals surface area contributed by atoms with Crippen molar-refractivity contribution in [3.63, 3.8) is 0 Å². The van der Waals surface area contributed by atoms with Crippen LogP contribution in [-0.4, -0.2) is 23.5 Å². The van der Waals surface area contributed by atoms with Crippen molar-refractivity contribution in [2.24, 2.45) is 0 Å². The van der Waals surface area contributed by atoms with Gasteiger partial charge in [0.15, 0.2) is 0 Å². The second kappa shape index (κ2) is 11.0. The number of hydrogen-bond acceptors (Lipinski definition) is 5. The number of anilines is 2. The normalized spacial score (nSPS) is 10.3. The van der Waals surface area contributed by atoms with Crippen LogP contribution in [0.1, 0.15) is 24.6 Å². The fourth-order valence-corrected chi connectivity index (χ4v) is 3.20. The largest absolute Gasteiger partial charge is 0.485 e. The summed E-state index contributed by atoms with van der Waals surface area (Å²) in [6.07, 6.45) is 1.09. The number of aromatic nitrogens is 1. The van der Waals surface area contributed by atoms with E-state index in [0.29, 0.717) is 30.3 Å². The second-order valence-electron chi connectivity index (χ2n) is 6.57. The van der Waals surface area contributed by atoms with E-state index in [0.717, 1.165) is 17.7 Å². The van der Waals surface area contributed by atoms with Crippen LogP contribution in [-0.2, 0) is 17.8 Å². The van der Waals surface area contributed by atoms with Crippen LogP contribution in [0.5, 0.6) is 5.75 Å². The summed E-state index contributed by atoms with van der Waals surface area (Å²) in [6, 6.07) is 14.3. The first-order valence-electron chi connectivity index (χ1n) is 9.66. The van der Waals surface area contributed by atoms with Crippen molar-refractivity contribution in [3.05, 3.63) is 70.7 Å².